The second kappa shape index (κ2) is 7.80. The van der Waals surface area contributed by atoms with E-state index >= 15 is 0 Å². The molecule has 0 radical (unpaired) electrons. The quantitative estimate of drug-likeness (QED) is 0.831. The molecule has 6 heteroatoms. The summed E-state index contributed by atoms with van der Waals surface area (Å²) < 4.78 is 10.6. The summed E-state index contributed by atoms with van der Waals surface area (Å²) in [5.41, 5.74) is 2.23. The van der Waals surface area contributed by atoms with Crippen LogP contribution in [-0.2, 0) is 4.74 Å². The monoisotopic (exact) mass is 343 g/mol. The number of benzene rings is 1. The first kappa shape index (κ1) is 17.6. The van der Waals surface area contributed by atoms with E-state index in [2.05, 4.69) is 9.88 Å². The van der Waals surface area contributed by atoms with Gasteiger partial charge in [0.2, 0.25) is 0 Å². The number of methoxy groups -OCH3 is 1. The van der Waals surface area contributed by atoms with Crippen LogP contribution in [0.3, 0.4) is 0 Å². The maximum absolute atomic E-state index is 12.8. The zero-order valence-electron chi connectivity index (χ0n) is 15.1. The predicted molar refractivity (Wildman–Crippen MR) is 97.3 cm³/mol. The molecule has 0 saturated carbocycles. The Balaban J connectivity index is 1.72. The van der Waals surface area contributed by atoms with Crippen LogP contribution in [0.4, 0.5) is 0 Å². The lowest BCUT2D eigenvalue weighted by molar-refractivity contribution is 0.0338. The van der Waals surface area contributed by atoms with Crippen molar-refractivity contribution in [1.82, 2.24) is 14.8 Å². The number of hydrogen-bond acceptors (Lipinski definition) is 5. The molecule has 1 saturated heterocycles. The maximum atomic E-state index is 12.8. The van der Waals surface area contributed by atoms with Crippen molar-refractivity contribution in [1.29, 1.82) is 0 Å². The largest absolute Gasteiger partial charge is 0.497 e. The molecule has 3 rings (SSSR count). The maximum Gasteiger partial charge on any atom is 0.255 e. The van der Waals surface area contributed by atoms with Gasteiger partial charge >= 0.3 is 0 Å². The van der Waals surface area contributed by atoms with Crippen LogP contribution in [0.1, 0.15) is 16.1 Å². The Hall–Kier alpha value is -2.18. The first-order valence-corrected chi connectivity index (χ1v) is 8.59. The van der Waals surface area contributed by atoms with Crippen molar-refractivity contribution in [3.05, 3.63) is 35.5 Å². The van der Waals surface area contributed by atoms with Crippen LogP contribution >= 0.6 is 0 Å². The number of fused-ring (bicyclic) bond motifs is 1. The molecule has 1 aromatic heterocycles. The number of amides is 1. The van der Waals surface area contributed by atoms with Crippen molar-refractivity contribution < 1.29 is 14.3 Å². The minimum atomic E-state index is 0.0102. The van der Waals surface area contributed by atoms with Crippen LogP contribution < -0.4 is 4.74 Å². The predicted octanol–water partition coefficient (Wildman–Crippen LogP) is 1.96. The number of aryl methyl sites for hydroxylation is 1. The molecule has 0 bridgehead atoms. The molecule has 0 aliphatic carbocycles. The summed E-state index contributed by atoms with van der Waals surface area (Å²) in [7, 11) is 3.48. The molecule has 1 aliphatic heterocycles. The molecule has 2 heterocycles. The lowest BCUT2D eigenvalue weighted by atomic mass is 10.1. The molecule has 1 aromatic carbocycles. The van der Waals surface area contributed by atoms with Crippen LogP contribution in [-0.4, -0.2) is 74.2 Å². The van der Waals surface area contributed by atoms with Gasteiger partial charge in [0, 0.05) is 44.7 Å². The average Bonchev–Trinajstić information content (AvgIpc) is 2.65. The third-order valence-electron chi connectivity index (χ3n) is 4.65. The first-order chi connectivity index (χ1) is 12.1. The molecule has 0 spiro atoms. The van der Waals surface area contributed by atoms with E-state index in [1.165, 1.54) is 0 Å². The zero-order valence-corrected chi connectivity index (χ0v) is 15.1. The molecule has 1 amide bonds. The Morgan fingerprint density at radius 2 is 2.08 bits per heavy atom. The van der Waals surface area contributed by atoms with Gasteiger partial charge in [0.1, 0.15) is 5.75 Å². The number of morpholine rings is 1. The molecule has 134 valence electrons. The van der Waals surface area contributed by atoms with Crippen molar-refractivity contribution in [2.75, 3.05) is 53.6 Å². The minimum absolute atomic E-state index is 0.0102. The van der Waals surface area contributed by atoms with Crippen molar-refractivity contribution >= 4 is 16.8 Å². The number of likely N-dealkylation sites (N-methyl/N-ethyl adjacent to an activating group) is 1. The van der Waals surface area contributed by atoms with Crippen molar-refractivity contribution in [2.24, 2.45) is 0 Å². The van der Waals surface area contributed by atoms with Crippen LogP contribution in [0.25, 0.3) is 10.9 Å². The number of aromatic nitrogens is 1. The fraction of sp³-hybridized carbons (Fsp3) is 0.474. The fourth-order valence-corrected chi connectivity index (χ4v) is 3.01. The third-order valence-corrected chi connectivity index (χ3v) is 4.65. The van der Waals surface area contributed by atoms with Gasteiger partial charge in [0.15, 0.2) is 0 Å². The van der Waals surface area contributed by atoms with Gasteiger partial charge in [-0.05, 0) is 25.1 Å². The minimum Gasteiger partial charge on any atom is -0.497 e. The van der Waals surface area contributed by atoms with E-state index in [0.717, 1.165) is 55.2 Å². The van der Waals surface area contributed by atoms with E-state index in [1.807, 2.05) is 38.2 Å². The van der Waals surface area contributed by atoms with E-state index in [9.17, 15) is 4.79 Å². The van der Waals surface area contributed by atoms with Crippen molar-refractivity contribution in [2.45, 2.75) is 6.92 Å². The number of carbonyl (C=O) groups is 1. The van der Waals surface area contributed by atoms with Crippen molar-refractivity contribution in [3.8, 4) is 5.75 Å². The number of pyridine rings is 1. The van der Waals surface area contributed by atoms with E-state index < -0.39 is 0 Å². The molecule has 2 aromatic rings. The van der Waals surface area contributed by atoms with Gasteiger partial charge in [0.25, 0.3) is 5.91 Å². The molecule has 1 aliphatic rings. The highest BCUT2D eigenvalue weighted by Crippen LogP contribution is 2.22. The summed E-state index contributed by atoms with van der Waals surface area (Å²) >= 11 is 0. The van der Waals surface area contributed by atoms with E-state index in [-0.39, 0.29) is 5.91 Å². The summed E-state index contributed by atoms with van der Waals surface area (Å²) in [5, 5.41) is 0.941. The molecule has 0 N–H and O–H groups in total. The summed E-state index contributed by atoms with van der Waals surface area (Å²) in [6.07, 6.45) is 0. The zero-order chi connectivity index (χ0) is 17.8. The van der Waals surface area contributed by atoms with Gasteiger partial charge in [0.05, 0.1) is 37.1 Å². The lowest BCUT2D eigenvalue weighted by Crippen LogP contribution is -2.42. The Kier molecular flexibility index (Phi) is 5.50. The second-order valence-corrected chi connectivity index (χ2v) is 6.36. The molecule has 0 unspecified atom stereocenters. The van der Waals surface area contributed by atoms with Gasteiger partial charge in [-0.3, -0.25) is 14.7 Å². The van der Waals surface area contributed by atoms with Gasteiger partial charge in [-0.25, -0.2) is 0 Å². The van der Waals surface area contributed by atoms with Gasteiger partial charge < -0.3 is 14.4 Å². The summed E-state index contributed by atoms with van der Waals surface area (Å²) in [6, 6.07) is 7.63. The molecule has 0 atom stereocenters. The van der Waals surface area contributed by atoms with Crippen LogP contribution in [0.15, 0.2) is 24.3 Å². The Morgan fingerprint density at radius 1 is 1.32 bits per heavy atom. The third kappa shape index (κ3) is 4.08. The lowest BCUT2D eigenvalue weighted by Gasteiger charge is -2.28. The molecular formula is C19H25N3O3. The van der Waals surface area contributed by atoms with Crippen LogP contribution in [0.2, 0.25) is 0 Å². The number of rotatable bonds is 5. The van der Waals surface area contributed by atoms with Crippen LogP contribution in [0.5, 0.6) is 5.75 Å². The standard InChI is InChI=1S/C19H25N3O3/c1-14-17(12-15-4-5-16(24-3)13-18(15)20-14)19(23)21(2)6-7-22-8-10-25-11-9-22/h4-5,12-13H,6-11H2,1-3H3. The molecular weight excluding hydrogens is 318 g/mol. The average molecular weight is 343 g/mol. The highest BCUT2D eigenvalue weighted by Gasteiger charge is 2.18. The van der Waals surface area contributed by atoms with Gasteiger partial charge in [-0.15, -0.1) is 0 Å². The summed E-state index contributed by atoms with van der Waals surface area (Å²) in [6.45, 7) is 6.84. The van der Waals surface area contributed by atoms with Gasteiger partial charge in [-0.2, -0.15) is 0 Å². The Morgan fingerprint density at radius 3 is 2.80 bits per heavy atom. The SMILES string of the molecule is COc1ccc2cc(C(=O)N(C)CCN3CCOCC3)c(C)nc2c1. The van der Waals surface area contributed by atoms with Crippen molar-refractivity contribution in [3.63, 3.8) is 0 Å². The Labute approximate surface area is 148 Å². The van der Waals surface area contributed by atoms with E-state index in [4.69, 9.17) is 9.47 Å². The number of carbonyl (C=O) groups excluding carboxylic acids is 1. The topological polar surface area (TPSA) is 54.9 Å². The Bertz CT molecular complexity index is 757. The number of hydrogen-bond donors (Lipinski definition) is 0. The smallest absolute Gasteiger partial charge is 0.255 e. The van der Waals surface area contributed by atoms with E-state index in [1.54, 1.807) is 12.0 Å². The van der Waals surface area contributed by atoms with Crippen LogP contribution in [0, 0.1) is 6.92 Å². The normalized spacial score (nSPS) is 15.3. The molecule has 6 nitrogen and oxygen atoms in total. The highest BCUT2D eigenvalue weighted by molar-refractivity contribution is 5.98. The summed E-state index contributed by atoms with van der Waals surface area (Å²) in [4.78, 5) is 21.5. The molecule has 1 fully saturated rings. The summed E-state index contributed by atoms with van der Waals surface area (Å²) in [5.74, 6) is 0.775. The second-order valence-electron chi connectivity index (χ2n) is 6.36. The molecule has 25 heavy (non-hydrogen) atoms. The van der Waals surface area contributed by atoms with E-state index in [0.29, 0.717) is 12.1 Å². The number of nitrogens with zero attached hydrogens (tertiary/aromatic N) is 3. The number of ether oxygens (including phenoxy) is 2. The highest BCUT2D eigenvalue weighted by atomic mass is 16.5. The first-order valence-electron chi connectivity index (χ1n) is 8.59. The van der Waals surface area contributed by atoms with Gasteiger partial charge in [-0.1, -0.05) is 0 Å². The fourth-order valence-electron chi connectivity index (χ4n) is 3.01.